The monoisotopic (exact) mass is 397 g/mol. The summed E-state index contributed by atoms with van der Waals surface area (Å²) in [5.41, 5.74) is 2.71. The molecule has 1 unspecified atom stereocenters. The zero-order chi connectivity index (χ0) is 18.4. The summed E-state index contributed by atoms with van der Waals surface area (Å²) in [4.78, 5) is 25.6. The molecule has 0 aliphatic heterocycles. The number of carbonyl (C=O) groups is 2. The maximum atomic E-state index is 12.4. The number of carbonyl (C=O) groups excluding carboxylic acids is 2. The molecule has 1 atom stereocenters. The molecular formula is C17H17Cl2N3O2S. The van der Waals surface area contributed by atoms with Gasteiger partial charge in [0.25, 0.3) is 11.8 Å². The highest BCUT2D eigenvalue weighted by Crippen LogP contribution is 2.21. The number of halogens is 2. The average molecular weight is 398 g/mol. The number of hydrogen-bond donors (Lipinski definition) is 2. The number of nitrogens with zero attached hydrogens (tertiary/aromatic N) is 1. The predicted octanol–water partition coefficient (Wildman–Crippen LogP) is 3.96. The molecule has 0 saturated heterocycles. The molecule has 5 nitrogen and oxygen atoms in total. The average Bonchev–Trinajstić information content (AvgIpc) is 3.05. The molecule has 0 saturated carbocycles. The number of amides is 2. The number of hydrogen-bond acceptors (Lipinski definition) is 4. The first-order valence-electron chi connectivity index (χ1n) is 7.51. The van der Waals surface area contributed by atoms with E-state index in [1.54, 1.807) is 12.3 Å². The second kappa shape index (κ2) is 8.99. The molecule has 1 aromatic carbocycles. The first kappa shape index (κ1) is 19.4. The third-order valence-electron chi connectivity index (χ3n) is 3.32. The Morgan fingerprint density at radius 1 is 1.24 bits per heavy atom. The first-order valence-corrected chi connectivity index (χ1v) is 9.14. The van der Waals surface area contributed by atoms with Crippen molar-refractivity contribution in [3.05, 3.63) is 56.2 Å². The SMILES string of the molecule is CC(C)C(NC(=O)c1ccc(Cl)cc1Cl)C(=O)NN=Cc1cccs1. The quantitative estimate of drug-likeness (QED) is 0.571. The van der Waals surface area contributed by atoms with Gasteiger partial charge in [0.2, 0.25) is 0 Å². The van der Waals surface area contributed by atoms with Gasteiger partial charge in [0, 0.05) is 9.90 Å². The van der Waals surface area contributed by atoms with Crippen LogP contribution in [0.3, 0.4) is 0 Å². The van der Waals surface area contributed by atoms with Gasteiger partial charge in [-0.05, 0) is 35.6 Å². The molecule has 1 heterocycles. The van der Waals surface area contributed by atoms with Crippen molar-refractivity contribution in [3.8, 4) is 0 Å². The normalized spacial score (nSPS) is 12.4. The third kappa shape index (κ3) is 5.56. The minimum absolute atomic E-state index is 0.132. The van der Waals surface area contributed by atoms with Crippen molar-refractivity contribution in [2.24, 2.45) is 11.0 Å². The van der Waals surface area contributed by atoms with Crippen LogP contribution in [0.1, 0.15) is 29.1 Å². The third-order valence-corrected chi connectivity index (χ3v) is 4.68. The van der Waals surface area contributed by atoms with E-state index in [0.717, 1.165) is 4.88 Å². The summed E-state index contributed by atoms with van der Waals surface area (Å²) in [7, 11) is 0. The standard InChI is InChI=1S/C17H17Cl2N3O2S/c1-10(2)15(17(24)22-20-9-12-4-3-7-25-12)21-16(23)13-6-5-11(18)8-14(13)19/h3-10,15H,1-2H3,(H,21,23)(H,22,24). The highest BCUT2D eigenvalue weighted by molar-refractivity contribution is 7.11. The summed E-state index contributed by atoms with van der Waals surface area (Å²) in [6.45, 7) is 3.66. The molecule has 2 amide bonds. The lowest BCUT2D eigenvalue weighted by Gasteiger charge is -2.20. The van der Waals surface area contributed by atoms with Crippen LogP contribution in [0.25, 0.3) is 0 Å². The molecule has 2 rings (SSSR count). The maximum Gasteiger partial charge on any atom is 0.262 e. The Morgan fingerprint density at radius 3 is 2.60 bits per heavy atom. The van der Waals surface area contributed by atoms with Crippen molar-refractivity contribution in [2.75, 3.05) is 0 Å². The molecule has 0 radical (unpaired) electrons. The van der Waals surface area contributed by atoms with E-state index in [9.17, 15) is 9.59 Å². The van der Waals surface area contributed by atoms with Gasteiger partial charge in [0.15, 0.2) is 0 Å². The van der Waals surface area contributed by atoms with Crippen molar-refractivity contribution >= 4 is 52.6 Å². The lowest BCUT2D eigenvalue weighted by molar-refractivity contribution is -0.123. The summed E-state index contributed by atoms with van der Waals surface area (Å²) in [5.74, 6) is -0.981. The number of rotatable bonds is 6. The molecule has 2 aromatic rings. The predicted molar refractivity (Wildman–Crippen MR) is 103 cm³/mol. The minimum Gasteiger partial charge on any atom is -0.340 e. The van der Waals surface area contributed by atoms with E-state index in [4.69, 9.17) is 23.2 Å². The van der Waals surface area contributed by atoms with Gasteiger partial charge in [-0.25, -0.2) is 5.43 Å². The van der Waals surface area contributed by atoms with Crippen molar-refractivity contribution < 1.29 is 9.59 Å². The fourth-order valence-electron chi connectivity index (χ4n) is 2.02. The van der Waals surface area contributed by atoms with E-state index in [1.165, 1.54) is 23.5 Å². The molecule has 25 heavy (non-hydrogen) atoms. The molecule has 0 fully saturated rings. The van der Waals surface area contributed by atoms with Gasteiger partial charge in [-0.15, -0.1) is 11.3 Å². The maximum absolute atomic E-state index is 12.4. The molecule has 1 aromatic heterocycles. The van der Waals surface area contributed by atoms with Crippen LogP contribution in [-0.2, 0) is 4.79 Å². The van der Waals surface area contributed by atoms with Crippen LogP contribution < -0.4 is 10.7 Å². The van der Waals surface area contributed by atoms with E-state index >= 15 is 0 Å². The van der Waals surface area contributed by atoms with E-state index in [-0.39, 0.29) is 16.5 Å². The number of benzene rings is 1. The van der Waals surface area contributed by atoms with E-state index in [1.807, 2.05) is 31.4 Å². The minimum atomic E-state index is -0.750. The lowest BCUT2D eigenvalue weighted by atomic mass is 10.0. The van der Waals surface area contributed by atoms with Crippen molar-refractivity contribution in [1.29, 1.82) is 0 Å². The molecule has 0 bridgehead atoms. The van der Waals surface area contributed by atoms with Gasteiger partial charge in [-0.2, -0.15) is 5.10 Å². The highest BCUT2D eigenvalue weighted by atomic mass is 35.5. The molecule has 0 aliphatic rings. The lowest BCUT2D eigenvalue weighted by Crippen LogP contribution is -2.48. The number of hydrazone groups is 1. The van der Waals surface area contributed by atoms with Crippen molar-refractivity contribution in [2.45, 2.75) is 19.9 Å². The molecule has 132 valence electrons. The molecule has 0 spiro atoms. The smallest absolute Gasteiger partial charge is 0.262 e. The summed E-state index contributed by atoms with van der Waals surface area (Å²) in [5, 5.41) is 9.18. The highest BCUT2D eigenvalue weighted by Gasteiger charge is 2.25. The van der Waals surface area contributed by atoms with Crippen LogP contribution >= 0.6 is 34.5 Å². The number of nitrogens with one attached hydrogen (secondary N) is 2. The van der Waals surface area contributed by atoms with Crippen LogP contribution in [0.5, 0.6) is 0 Å². The summed E-state index contributed by atoms with van der Waals surface area (Å²) in [6.07, 6.45) is 1.55. The Kier molecular flexibility index (Phi) is 6.99. The van der Waals surface area contributed by atoms with Gasteiger partial charge >= 0.3 is 0 Å². The second-order valence-corrected chi connectivity index (χ2v) is 7.39. The van der Waals surface area contributed by atoms with Gasteiger partial charge < -0.3 is 5.32 Å². The van der Waals surface area contributed by atoms with Gasteiger partial charge in [0.05, 0.1) is 16.8 Å². The van der Waals surface area contributed by atoms with Crippen molar-refractivity contribution in [1.82, 2.24) is 10.7 Å². The topological polar surface area (TPSA) is 70.6 Å². The summed E-state index contributed by atoms with van der Waals surface area (Å²) in [6, 6.07) is 7.58. The molecule has 0 aliphatic carbocycles. The summed E-state index contributed by atoms with van der Waals surface area (Å²) < 4.78 is 0. The second-order valence-electron chi connectivity index (χ2n) is 5.57. The largest absolute Gasteiger partial charge is 0.340 e. The van der Waals surface area contributed by atoms with E-state index in [2.05, 4.69) is 15.8 Å². The fourth-order valence-corrected chi connectivity index (χ4v) is 3.10. The molecule has 2 N–H and O–H groups in total. The van der Waals surface area contributed by atoms with Gasteiger partial charge in [-0.3, -0.25) is 9.59 Å². The van der Waals surface area contributed by atoms with Gasteiger partial charge in [-0.1, -0.05) is 43.1 Å². The van der Waals surface area contributed by atoms with Gasteiger partial charge in [0.1, 0.15) is 6.04 Å². The Bertz CT molecular complexity index is 776. The summed E-state index contributed by atoms with van der Waals surface area (Å²) >= 11 is 13.4. The molecule has 8 heteroatoms. The Labute approximate surface area is 160 Å². The zero-order valence-corrected chi connectivity index (χ0v) is 16.0. The van der Waals surface area contributed by atoms with Crippen LogP contribution in [0.4, 0.5) is 0 Å². The Morgan fingerprint density at radius 2 is 2.00 bits per heavy atom. The van der Waals surface area contributed by atoms with E-state index < -0.39 is 17.9 Å². The first-order chi connectivity index (χ1) is 11.9. The van der Waals surface area contributed by atoms with Crippen molar-refractivity contribution in [3.63, 3.8) is 0 Å². The van der Waals surface area contributed by atoms with Crippen LogP contribution in [0, 0.1) is 5.92 Å². The Balaban J connectivity index is 2.04. The zero-order valence-electron chi connectivity index (χ0n) is 13.6. The van der Waals surface area contributed by atoms with Crippen LogP contribution in [0.2, 0.25) is 10.0 Å². The Hall–Kier alpha value is -1.89. The number of thiophene rings is 1. The fraction of sp³-hybridized carbons (Fsp3) is 0.235. The molecular weight excluding hydrogens is 381 g/mol. The van der Waals surface area contributed by atoms with Crippen LogP contribution in [0.15, 0.2) is 40.8 Å². The van der Waals surface area contributed by atoms with E-state index in [0.29, 0.717) is 5.02 Å². The van der Waals surface area contributed by atoms with Crippen LogP contribution in [-0.4, -0.2) is 24.1 Å².